The van der Waals surface area contributed by atoms with Crippen molar-refractivity contribution >= 4 is 6.21 Å². The number of ether oxygens (including phenoxy) is 1. The molecule has 4 heteroatoms. The molecule has 1 fully saturated rings. The molecule has 6 rings (SSSR count). The van der Waals surface area contributed by atoms with Crippen molar-refractivity contribution in [2.24, 2.45) is 5.10 Å². The lowest BCUT2D eigenvalue weighted by Crippen LogP contribution is -2.45. The molecule has 1 aliphatic heterocycles. The van der Waals surface area contributed by atoms with Gasteiger partial charge in [-0.25, -0.2) is 0 Å². The Labute approximate surface area is 200 Å². The quantitative estimate of drug-likeness (QED) is 0.342. The van der Waals surface area contributed by atoms with Crippen LogP contribution in [-0.2, 0) is 0 Å². The van der Waals surface area contributed by atoms with Crippen LogP contribution in [0.2, 0.25) is 0 Å². The van der Waals surface area contributed by atoms with E-state index in [1.54, 1.807) is 0 Å². The Balaban J connectivity index is 1.12. The summed E-state index contributed by atoms with van der Waals surface area (Å²) in [6, 6.07) is 35.9. The van der Waals surface area contributed by atoms with Gasteiger partial charge in [-0.1, -0.05) is 78.9 Å². The van der Waals surface area contributed by atoms with Crippen LogP contribution >= 0.6 is 0 Å². The predicted molar refractivity (Wildman–Crippen MR) is 137 cm³/mol. The molecule has 2 aliphatic rings. The van der Waals surface area contributed by atoms with Gasteiger partial charge >= 0.3 is 0 Å². The second kappa shape index (κ2) is 9.16. The first-order valence-electron chi connectivity index (χ1n) is 11.9. The Hall–Kier alpha value is -3.89. The molecule has 168 valence electrons. The minimum absolute atomic E-state index is 0.338. The molecule has 4 nitrogen and oxygen atoms in total. The number of hydrogen-bond donors (Lipinski definition) is 0. The van der Waals surface area contributed by atoms with E-state index in [0.29, 0.717) is 6.04 Å². The first kappa shape index (κ1) is 20.7. The highest BCUT2D eigenvalue weighted by molar-refractivity contribution is 5.80. The molecule has 0 aromatic heterocycles. The molecule has 0 atom stereocenters. The van der Waals surface area contributed by atoms with Crippen LogP contribution in [0.1, 0.15) is 22.7 Å². The second-order valence-electron chi connectivity index (χ2n) is 8.80. The van der Waals surface area contributed by atoms with Crippen molar-refractivity contribution in [3.8, 4) is 22.6 Å². The van der Waals surface area contributed by atoms with Gasteiger partial charge in [-0.15, -0.1) is 0 Å². The molecular weight excluding hydrogens is 418 g/mol. The molecule has 0 radical (unpaired) electrons. The lowest BCUT2D eigenvalue weighted by molar-refractivity contribution is 0.114. The summed E-state index contributed by atoms with van der Waals surface area (Å²) in [5, 5.41) is 6.95. The van der Waals surface area contributed by atoms with Crippen LogP contribution in [-0.4, -0.2) is 42.3 Å². The Morgan fingerprint density at radius 2 is 1.26 bits per heavy atom. The van der Waals surface area contributed by atoms with Gasteiger partial charge in [0.05, 0.1) is 12.3 Å². The third-order valence-electron chi connectivity index (χ3n) is 6.66. The molecule has 4 aromatic carbocycles. The van der Waals surface area contributed by atoms with E-state index in [1.165, 1.54) is 22.3 Å². The number of fused-ring (bicyclic) bond motifs is 3. The minimum Gasteiger partial charge on any atom is -0.457 e. The number of para-hydroxylation sites is 1. The number of hydrogen-bond acceptors (Lipinski definition) is 4. The second-order valence-corrected chi connectivity index (χ2v) is 8.80. The topological polar surface area (TPSA) is 28.1 Å². The Morgan fingerprint density at radius 1 is 0.647 bits per heavy atom. The average molecular weight is 446 g/mol. The van der Waals surface area contributed by atoms with Gasteiger partial charge in [0.1, 0.15) is 11.5 Å². The van der Waals surface area contributed by atoms with Crippen molar-refractivity contribution in [2.75, 3.05) is 26.2 Å². The largest absolute Gasteiger partial charge is 0.457 e. The third kappa shape index (κ3) is 4.09. The van der Waals surface area contributed by atoms with E-state index in [9.17, 15) is 0 Å². The van der Waals surface area contributed by atoms with Crippen molar-refractivity contribution in [3.63, 3.8) is 0 Å². The summed E-state index contributed by atoms with van der Waals surface area (Å²) in [7, 11) is 0. The van der Waals surface area contributed by atoms with Crippen LogP contribution in [0.5, 0.6) is 11.5 Å². The van der Waals surface area contributed by atoms with Crippen LogP contribution in [0.4, 0.5) is 0 Å². The van der Waals surface area contributed by atoms with Gasteiger partial charge in [-0.05, 0) is 52.1 Å². The fourth-order valence-corrected chi connectivity index (χ4v) is 5.04. The van der Waals surface area contributed by atoms with E-state index in [-0.39, 0.29) is 0 Å². The summed E-state index contributed by atoms with van der Waals surface area (Å²) < 4.78 is 5.96. The molecule has 1 aliphatic carbocycles. The fraction of sp³-hybridized carbons (Fsp3) is 0.167. The van der Waals surface area contributed by atoms with Gasteiger partial charge in [0, 0.05) is 26.2 Å². The van der Waals surface area contributed by atoms with E-state index in [2.05, 4.69) is 64.5 Å². The summed E-state index contributed by atoms with van der Waals surface area (Å²) >= 11 is 0. The van der Waals surface area contributed by atoms with E-state index in [4.69, 9.17) is 9.84 Å². The van der Waals surface area contributed by atoms with Crippen LogP contribution in [0, 0.1) is 0 Å². The summed E-state index contributed by atoms with van der Waals surface area (Å²) in [5.74, 6) is 1.65. The maximum absolute atomic E-state index is 5.96. The normalized spacial score (nSPS) is 15.9. The lowest BCUT2D eigenvalue weighted by Gasteiger charge is -2.37. The number of piperazine rings is 1. The van der Waals surface area contributed by atoms with Crippen LogP contribution in [0.3, 0.4) is 0 Å². The number of nitrogens with zero attached hydrogens (tertiary/aromatic N) is 3. The predicted octanol–water partition coefficient (Wildman–Crippen LogP) is 6.20. The molecule has 0 spiro atoms. The Morgan fingerprint density at radius 3 is 1.97 bits per heavy atom. The zero-order chi connectivity index (χ0) is 22.7. The van der Waals surface area contributed by atoms with Crippen molar-refractivity contribution < 1.29 is 4.74 Å². The fourth-order valence-electron chi connectivity index (χ4n) is 5.04. The maximum atomic E-state index is 5.96. The van der Waals surface area contributed by atoms with Crippen molar-refractivity contribution in [2.45, 2.75) is 6.04 Å². The standard InChI is InChI=1S/C30H27N3O/c1-2-10-24(11-3-1)34-25-12-8-9-23(21-25)22-31-33-19-17-32(18-20-33)30-28-15-6-4-13-26(28)27-14-5-7-16-29(27)30/h1-16,21-22,30H,17-20H2. The summed E-state index contributed by atoms with van der Waals surface area (Å²) in [6.07, 6.45) is 1.94. The third-order valence-corrected chi connectivity index (χ3v) is 6.66. The van der Waals surface area contributed by atoms with E-state index in [1.807, 2.05) is 54.7 Å². The van der Waals surface area contributed by atoms with Gasteiger partial charge in [-0.2, -0.15) is 5.10 Å². The maximum Gasteiger partial charge on any atom is 0.128 e. The Kier molecular flexibility index (Phi) is 5.58. The number of hydrazone groups is 1. The first-order valence-corrected chi connectivity index (χ1v) is 11.9. The average Bonchev–Trinajstić information content (AvgIpc) is 3.23. The molecular formula is C30H27N3O. The molecule has 0 bridgehead atoms. The van der Waals surface area contributed by atoms with Gasteiger partial charge < -0.3 is 4.74 Å². The number of benzene rings is 4. The van der Waals surface area contributed by atoms with E-state index >= 15 is 0 Å². The summed E-state index contributed by atoms with van der Waals surface area (Å²) in [5.41, 5.74) is 6.64. The van der Waals surface area contributed by atoms with E-state index in [0.717, 1.165) is 43.2 Å². The molecule has 1 saturated heterocycles. The van der Waals surface area contributed by atoms with Gasteiger partial charge in [0.25, 0.3) is 0 Å². The highest BCUT2D eigenvalue weighted by atomic mass is 16.5. The summed E-state index contributed by atoms with van der Waals surface area (Å²) in [4.78, 5) is 2.60. The summed E-state index contributed by atoms with van der Waals surface area (Å²) in [6.45, 7) is 3.80. The van der Waals surface area contributed by atoms with Gasteiger partial charge in [0.15, 0.2) is 0 Å². The van der Waals surface area contributed by atoms with Gasteiger partial charge in [-0.3, -0.25) is 9.91 Å². The van der Waals surface area contributed by atoms with Crippen LogP contribution < -0.4 is 4.74 Å². The first-order chi connectivity index (χ1) is 16.8. The molecule has 0 saturated carbocycles. The minimum atomic E-state index is 0.338. The van der Waals surface area contributed by atoms with Crippen molar-refractivity contribution in [3.05, 3.63) is 120 Å². The zero-order valence-electron chi connectivity index (χ0n) is 19.0. The van der Waals surface area contributed by atoms with Crippen molar-refractivity contribution in [1.29, 1.82) is 0 Å². The smallest absolute Gasteiger partial charge is 0.128 e. The van der Waals surface area contributed by atoms with Crippen LogP contribution in [0.15, 0.2) is 108 Å². The molecule has 0 amide bonds. The molecule has 0 N–H and O–H groups in total. The highest BCUT2D eigenvalue weighted by Crippen LogP contribution is 2.46. The van der Waals surface area contributed by atoms with Gasteiger partial charge in [0.2, 0.25) is 0 Å². The monoisotopic (exact) mass is 445 g/mol. The zero-order valence-corrected chi connectivity index (χ0v) is 19.0. The molecule has 1 heterocycles. The van der Waals surface area contributed by atoms with E-state index < -0.39 is 0 Å². The molecule has 34 heavy (non-hydrogen) atoms. The SMILES string of the molecule is C(=NN1CCN(C2c3ccccc3-c3ccccc32)CC1)c1cccc(Oc2ccccc2)c1. The molecule has 4 aromatic rings. The molecule has 0 unspecified atom stereocenters. The Bertz CT molecular complexity index is 1260. The van der Waals surface area contributed by atoms with Crippen molar-refractivity contribution in [1.82, 2.24) is 9.91 Å². The highest BCUT2D eigenvalue weighted by Gasteiger charge is 2.33. The lowest BCUT2D eigenvalue weighted by atomic mass is 10.0. The van der Waals surface area contributed by atoms with Crippen LogP contribution in [0.25, 0.3) is 11.1 Å². The number of rotatable bonds is 5.